The fraction of sp³-hybridized carbons (Fsp3) is 0.417. The van der Waals surface area contributed by atoms with Gasteiger partial charge in [-0.1, -0.05) is 23.3 Å². The third-order valence-electron chi connectivity index (χ3n) is 2.32. The number of hydrogen-bond acceptors (Lipinski definition) is 1. The molecule has 1 N–H and O–H groups in total. The molecule has 0 aliphatic heterocycles. The fourth-order valence-electron chi connectivity index (χ4n) is 1.51. The zero-order valence-electron chi connectivity index (χ0n) is 8.86. The van der Waals surface area contributed by atoms with Crippen molar-refractivity contribution < 1.29 is 0 Å². The Labute approximate surface area is 80.4 Å². The van der Waals surface area contributed by atoms with Crippen LogP contribution < -0.4 is 0 Å². The van der Waals surface area contributed by atoms with Crippen molar-refractivity contribution in [1.29, 1.82) is 5.41 Å². The van der Waals surface area contributed by atoms with Crippen molar-refractivity contribution in [3.8, 4) is 0 Å². The SMILES string of the molecule is CC(C)=C1C=CCC(=C(C)C)C1=N. The normalized spacial score (nSPS) is 16.5. The zero-order valence-corrected chi connectivity index (χ0v) is 8.86. The second-order valence-corrected chi connectivity index (χ2v) is 3.87. The lowest BCUT2D eigenvalue weighted by atomic mass is 9.89. The van der Waals surface area contributed by atoms with Crippen molar-refractivity contribution >= 4 is 5.71 Å². The lowest BCUT2D eigenvalue weighted by molar-refractivity contribution is 1.17. The molecule has 1 rings (SSSR count). The number of hydrogen-bond donors (Lipinski definition) is 1. The third-order valence-corrected chi connectivity index (χ3v) is 2.32. The molecule has 0 aromatic heterocycles. The summed E-state index contributed by atoms with van der Waals surface area (Å²) in [6, 6.07) is 0. The lowest BCUT2D eigenvalue weighted by Gasteiger charge is -2.16. The quantitative estimate of drug-likeness (QED) is 0.581. The summed E-state index contributed by atoms with van der Waals surface area (Å²) in [7, 11) is 0. The Morgan fingerprint density at radius 3 is 2.23 bits per heavy atom. The van der Waals surface area contributed by atoms with Gasteiger partial charge in [-0.15, -0.1) is 0 Å². The predicted octanol–water partition coefficient (Wildman–Crippen LogP) is 3.64. The summed E-state index contributed by atoms with van der Waals surface area (Å²) >= 11 is 0. The molecule has 0 atom stereocenters. The smallest absolute Gasteiger partial charge is 0.0645 e. The van der Waals surface area contributed by atoms with E-state index in [4.69, 9.17) is 5.41 Å². The van der Waals surface area contributed by atoms with Crippen LogP contribution >= 0.6 is 0 Å². The maximum Gasteiger partial charge on any atom is 0.0645 e. The second-order valence-electron chi connectivity index (χ2n) is 3.87. The van der Waals surface area contributed by atoms with Crippen molar-refractivity contribution in [1.82, 2.24) is 0 Å². The highest BCUT2D eigenvalue weighted by Gasteiger charge is 2.14. The van der Waals surface area contributed by atoms with Gasteiger partial charge in [0.2, 0.25) is 0 Å². The van der Waals surface area contributed by atoms with Gasteiger partial charge in [-0.05, 0) is 45.3 Å². The van der Waals surface area contributed by atoms with Gasteiger partial charge in [0.25, 0.3) is 0 Å². The van der Waals surface area contributed by atoms with Gasteiger partial charge in [-0.25, -0.2) is 0 Å². The largest absolute Gasteiger partial charge is 0.300 e. The number of nitrogens with one attached hydrogen (secondary N) is 1. The molecule has 1 heteroatoms. The summed E-state index contributed by atoms with van der Waals surface area (Å²) in [6.07, 6.45) is 5.12. The molecule has 1 aliphatic rings. The summed E-state index contributed by atoms with van der Waals surface area (Å²) < 4.78 is 0. The van der Waals surface area contributed by atoms with E-state index in [9.17, 15) is 0 Å². The zero-order chi connectivity index (χ0) is 10.0. The summed E-state index contributed by atoms with van der Waals surface area (Å²) in [5.74, 6) is 0. The minimum atomic E-state index is 0.711. The first-order chi connectivity index (χ1) is 6.04. The minimum Gasteiger partial charge on any atom is -0.300 e. The van der Waals surface area contributed by atoms with E-state index in [1.807, 2.05) is 0 Å². The molecule has 0 aromatic carbocycles. The Balaban J connectivity index is 3.19. The van der Waals surface area contributed by atoms with Crippen molar-refractivity contribution in [2.75, 3.05) is 0 Å². The Kier molecular flexibility index (Phi) is 2.86. The van der Waals surface area contributed by atoms with Crippen LogP contribution in [0.4, 0.5) is 0 Å². The first-order valence-corrected chi connectivity index (χ1v) is 4.63. The van der Waals surface area contributed by atoms with Crippen LogP contribution in [-0.2, 0) is 0 Å². The van der Waals surface area contributed by atoms with Gasteiger partial charge in [0, 0.05) is 0 Å². The van der Waals surface area contributed by atoms with Crippen LogP contribution in [0.5, 0.6) is 0 Å². The van der Waals surface area contributed by atoms with Crippen LogP contribution in [-0.4, -0.2) is 5.71 Å². The van der Waals surface area contributed by atoms with E-state index in [0.29, 0.717) is 5.71 Å². The molecule has 0 amide bonds. The van der Waals surface area contributed by atoms with Gasteiger partial charge < -0.3 is 0 Å². The molecule has 0 fully saturated rings. The highest BCUT2D eigenvalue weighted by Crippen LogP contribution is 2.23. The van der Waals surface area contributed by atoms with Crippen molar-refractivity contribution in [2.45, 2.75) is 34.1 Å². The molecule has 0 saturated heterocycles. The first kappa shape index (κ1) is 9.97. The fourth-order valence-corrected chi connectivity index (χ4v) is 1.51. The minimum absolute atomic E-state index is 0.711. The van der Waals surface area contributed by atoms with E-state index in [-0.39, 0.29) is 0 Å². The van der Waals surface area contributed by atoms with E-state index in [2.05, 4.69) is 39.8 Å². The highest BCUT2D eigenvalue weighted by molar-refractivity contribution is 6.14. The van der Waals surface area contributed by atoms with Crippen LogP contribution in [0.25, 0.3) is 0 Å². The molecular formula is C12H17N. The van der Waals surface area contributed by atoms with E-state index in [0.717, 1.165) is 12.0 Å². The Hall–Kier alpha value is -1.11. The van der Waals surface area contributed by atoms with Crippen LogP contribution in [0, 0.1) is 5.41 Å². The summed E-state index contributed by atoms with van der Waals surface area (Å²) in [6.45, 7) is 8.27. The second kappa shape index (κ2) is 3.73. The van der Waals surface area contributed by atoms with Gasteiger partial charge in [0.1, 0.15) is 0 Å². The van der Waals surface area contributed by atoms with E-state index >= 15 is 0 Å². The Morgan fingerprint density at radius 2 is 1.77 bits per heavy atom. The average molecular weight is 175 g/mol. The highest BCUT2D eigenvalue weighted by atomic mass is 14.4. The van der Waals surface area contributed by atoms with Gasteiger partial charge in [-0.2, -0.15) is 0 Å². The van der Waals surface area contributed by atoms with Crippen LogP contribution in [0.15, 0.2) is 34.4 Å². The summed E-state index contributed by atoms with van der Waals surface area (Å²) in [4.78, 5) is 0. The first-order valence-electron chi connectivity index (χ1n) is 4.63. The van der Waals surface area contributed by atoms with Crippen molar-refractivity contribution in [3.05, 3.63) is 34.4 Å². The monoisotopic (exact) mass is 175 g/mol. The van der Waals surface area contributed by atoms with Crippen LogP contribution in [0.2, 0.25) is 0 Å². The van der Waals surface area contributed by atoms with Gasteiger partial charge in [-0.3, -0.25) is 5.41 Å². The van der Waals surface area contributed by atoms with Crippen LogP contribution in [0.1, 0.15) is 34.1 Å². The molecule has 13 heavy (non-hydrogen) atoms. The van der Waals surface area contributed by atoms with E-state index in [1.54, 1.807) is 0 Å². The summed E-state index contributed by atoms with van der Waals surface area (Å²) in [5.41, 5.74) is 5.46. The third kappa shape index (κ3) is 1.97. The van der Waals surface area contributed by atoms with Crippen molar-refractivity contribution in [2.24, 2.45) is 0 Å². The van der Waals surface area contributed by atoms with Gasteiger partial charge in [0.05, 0.1) is 5.71 Å². The molecule has 0 unspecified atom stereocenters. The molecule has 0 aromatic rings. The van der Waals surface area contributed by atoms with Gasteiger partial charge >= 0.3 is 0 Å². The molecule has 0 heterocycles. The maximum atomic E-state index is 8.00. The van der Waals surface area contributed by atoms with Gasteiger partial charge in [0.15, 0.2) is 0 Å². The standard InChI is InChI=1S/C12H17N/c1-8(2)10-6-5-7-11(9(3)4)12(10)13/h5-6,13H,7H2,1-4H3. The topological polar surface area (TPSA) is 23.9 Å². The summed E-state index contributed by atoms with van der Waals surface area (Å²) in [5, 5.41) is 8.00. The molecule has 0 radical (unpaired) electrons. The number of allylic oxidation sites excluding steroid dienone is 6. The number of rotatable bonds is 0. The van der Waals surface area contributed by atoms with E-state index in [1.165, 1.54) is 16.7 Å². The van der Waals surface area contributed by atoms with Crippen LogP contribution in [0.3, 0.4) is 0 Å². The molecule has 0 saturated carbocycles. The lowest BCUT2D eigenvalue weighted by Crippen LogP contribution is -2.10. The molecule has 0 spiro atoms. The molecule has 0 bridgehead atoms. The molecule has 70 valence electrons. The van der Waals surface area contributed by atoms with E-state index < -0.39 is 0 Å². The molecule has 1 nitrogen and oxygen atoms in total. The Morgan fingerprint density at radius 1 is 1.15 bits per heavy atom. The average Bonchev–Trinajstić information content (AvgIpc) is 2.03. The molecular weight excluding hydrogens is 158 g/mol. The van der Waals surface area contributed by atoms with Crippen molar-refractivity contribution in [3.63, 3.8) is 0 Å². The maximum absolute atomic E-state index is 8.00. The predicted molar refractivity (Wildman–Crippen MR) is 58.2 cm³/mol. The Bertz CT molecular complexity index is 319. The molecule has 1 aliphatic carbocycles.